The van der Waals surface area contributed by atoms with Gasteiger partial charge in [-0.15, -0.1) is 0 Å². The van der Waals surface area contributed by atoms with Gasteiger partial charge in [-0.3, -0.25) is 9.48 Å². The van der Waals surface area contributed by atoms with Crippen LogP contribution in [0.5, 0.6) is 0 Å². The lowest BCUT2D eigenvalue weighted by atomic mass is 10.3. The Morgan fingerprint density at radius 3 is 2.79 bits per heavy atom. The maximum atomic E-state index is 11.2. The molecule has 14 heavy (non-hydrogen) atoms. The highest BCUT2D eigenvalue weighted by atomic mass is 35.5. The summed E-state index contributed by atoms with van der Waals surface area (Å²) in [5, 5.41) is 4.47. The van der Waals surface area contributed by atoms with E-state index < -0.39 is 0 Å². The predicted octanol–water partition coefficient (Wildman–Crippen LogP) is 1.30. The van der Waals surface area contributed by atoms with E-state index in [-0.39, 0.29) is 5.78 Å². The van der Waals surface area contributed by atoms with Gasteiger partial charge in [0.2, 0.25) is 0 Å². The third kappa shape index (κ3) is 2.56. The van der Waals surface area contributed by atoms with Crippen LogP contribution in [0.15, 0.2) is 6.20 Å². The third-order valence-corrected chi connectivity index (χ3v) is 2.16. The van der Waals surface area contributed by atoms with Crippen LogP contribution >= 0.6 is 11.6 Å². The average Bonchev–Trinajstić information content (AvgIpc) is 2.43. The monoisotopic (exact) mass is 215 g/mol. The first-order valence-electron chi connectivity index (χ1n) is 4.39. The Kier molecular flexibility index (Phi) is 3.66. The molecule has 1 aromatic heterocycles. The van der Waals surface area contributed by atoms with Crippen LogP contribution in [-0.2, 0) is 6.54 Å². The zero-order valence-electron chi connectivity index (χ0n) is 8.62. The number of Topliss-reactive ketones (excluding diaryl/α,β-unsaturated/α-hetero) is 1. The number of rotatable bonds is 4. The number of likely N-dealkylation sites (N-methyl/N-ethyl adjacent to an activating group) is 1. The summed E-state index contributed by atoms with van der Waals surface area (Å²) in [6.45, 7) is 3.00. The lowest BCUT2D eigenvalue weighted by molar-refractivity contribution is 0.100. The predicted molar refractivity (Wildman–Crippen MR) is 55.8 cm³/mol. The van der Waals surface area contributed by atoms with Crippen molar-refractivity contribution in [2.45, 2.75) is 13.5 Å². The van der Waals surface area contributed by atoms with Crippen molar-refractivity contribution in [1.82, 2.24) is 14.7 Å². The van der Waals surface area contributed by atoms with E-state index in [9.17, 15) is 4.79 Å². The van der Waals surface area contributed by atoms with E-state index in [0.717, 1.165) is 6.54 Å². The number of carbonyl (C=O) groups excluding carboxylic acids is 1. The van der Waals surface area contributed by atoms with Gasteiger partial charge in [0.05, 0.1) is 17.8 Å². The van der Waals surface area contributed by atoms with Crippen LogP contribution in [0, 0.1) is 0 Å². The fourth-order valence-corrected chi connectivity index (χ4v) is 1.45. The lowest BCUT2D eigenvalue weighted by Gasteiger charge is -2.10. The van der Waals surface area contributed by atoms with Crippen molar-refractivity contribution in [3.05, 3.63) is 16.9 Å². The molecule has 0 saturated carbocycles. The second kappa shape index (κ2) is 4.57. The number of ketones is 1. The minimum absolute atomic E-state index is 0.0498. The Morgan fingerprint density at radius 2 is 2.29 bits per heavy atom. The highest BCUT2D eigenvalue weighted by Gasteiger charge is 2.12. The second-order valence-electron chi connectivity index (χ2n) is 3.42. The fraction of sp³-hybridized carbons (Fsp3) is 0.556. The third-order valence-electron chi connectivity index (χ3n) is 1.89. The van der Waals surface area contributed by atoms with Gasteiger partial charge in [0.1, 0.15) is 5.69 Å². The number of hydrogen-bond acceptors (Lipinski definition) is 3. The van der Waals surface area contributed by atoms with E-state index in [1.807, 2.05) is 19.0 Å². The molecule has 0 atom stereocenters. The molecule has 1 heterocycles. The quantitative estimate of drug-likeness (QED) is 0.711. The molecular weight excluding hydrogens is 202 g/mol. The van der Waals surface area contributed by atoms with Crippen molar-refractivity contribution in [3.8, 4) is 0 Å². The largest absolute Gasteiger partial charge is 0.308 e. The van der Waals surface area contributed by atoms with Crippen molar-refractivity contribution >= 4 is 17.4 Å². The van der Waals surface area contributed by atoms with Crippen molar-refractivity contribution in [3.63, 3.8) is 0 Å². The summed E-state index contributed by atoms with van der Waals surface area (Å²) in [6.07, 6.45) is 1.51. The molecule has 0 saturated heterocycles. The molecule has 0 spiro atoms. The van der Waals surface area contributed by atoms with Crippen molar-refractivity contribution < 1.29 is 4.79 Å². The molecule has 78 valence electrons. The molecule has 0 amide bonds. The van der Waals surface area contributed by atoms with Crippen molar-refractivity contribution in [2.75, 3.05) is 20.6 Å². The highest BCUT2D eigenvalue weighted by molar-refractivity contribution is 6.33. The molecule has 0 bridgehead atoms. The highest BCUT2D eigenvalue weighted by Crippen LogP contribution is 2.15. The molecule has 0 aliphatic heterocycles. The van der Waals surface area contributed by atoms with Crippen LogP contribution in [0.1, 0.15) is 17.4 Å². The summed E-state index contributed by atoms with van der Waals surface area (Å²) >= 11 is 5.84. The summed E-state index contributed by atoms with van der Waals surface area (Å²) in [7, 11) is 3.94. The first-order valence-corrected chi connectivity index (χ1v) is 4.77. The average molecular weight is 216 g/mol. The van der Waals surface area contributed by atoms with Gasteiger partial charge in [0, 0.05) is 13.5 Å². The van der Waals surface area contributed by atoms with Crippen LogP contribution in [0.25, 0.3) is 0 Å². The second-order valence-corrected chi connectivity index (χ2v) is 3.83. The molecule has 1 aromatic rings. The summed E-state index contributed by atoms with van der Waals surface area (Å²) in [4.78, 5) is 13.3. The lowest BCUT2D eigenvalue weighted by Crippen LogP contribution is -2.21. The van der Waals surface area contributed by atoms with E-state index in [0.29, 0.717) is 17.3 Å². The normalized spacial score (nSPS) is 10.9. The topological polar surface area (TPSA) is 38.1 Å². The number of aromatic nitrogens is 2. The van der Waals surface area contributed by atoms with Gasteiger partial charge in [0.25, 0.3) is 0 Å². The number of hydrogen-bond donors (Lipinski definition) is 0. The van der Waals surface area contributed by atoms with Gasteiger partial charge in [-0.25, -0.2) is 0 Å². The fourth-order valence-electron chi connectivity index (χ4n) is 1.18. The van der Waals surface area contributed by atoms with E-state index in [2.05, 4.69) is 5.10 Å². The number of nitrogens with zero attached hydrogens (tertiary/aromatic N) is 3. The molecular formula is C9H14ClN3O. The Morgan fingerprint density at radius 1 is 1.64 bits per heavy atom. The zero-order chi connectivity index (χ0) is 10.7. The maximum absolute atomic E-state index is 11.2. The number of halogens is 1. The van der Waals surface area contributed by atoms with Gasteiger partial charge in [0.15, 0.2) is 5.78 Å². The van der Waals surface area contributed by atoms with E-state index >= 15 is 0 Å². The van der Waals surface area contributed by atoms with Crippen LogP contribution in [0.3, 0.4) is 0 Å². The van der Waals surface area contributed by atoms with E-state index in [1.54, 1.807) is 4.68 Å². The van der Waals surface area contributed by atoms with Gasteiger partial charge in [-0.1, -0.05) is 11.6 Å². The first-order chi connectivity index (χ1) is 6.52. The first kappa shape index (κ1) is 11.2. The Balaban J connectivity index is 2.81. The van der Waals surface area contributed by atoms with Crippen LogP contribution < -0.4 is 0 Å². The van der Waals surface area contributed by atoms with Crippen LogP contribution in [-0.4, -0.2) is 41.1 Å². The molecule has 0 N–H and O–H groups in total. The molecule has 0 aliphatic carbocycles. The molecule has 0 aliphatic rings. The van der Waals surface area contributed by atoms with E-state index in [1.165, 1.54) is 13.1 Å². The summed E-state index contributed by atoms with van der Waals surface area (Å²) < 4.78 is 1.64. The van der Waals surface area contributed by atoms with Gasteiger partial charge in [-0.05, 0) is 14.1 Å². The van der Waals surface area contributed by atoms with Crippen molar-refractivity contribution in [2.24, 2.45) is 0 Å². The van der Waals surface area contributed by atoms with Gasteiger partial charge >= 0.3 is 0 Å². The van der Waals surface area contributed by atoms with Crippen molar-refractivity contribution in [1.29, 1.82) is 0 Å². The summed E-state index contributed by atoms with van der Waals surface area (Å²) in [6, 6.07) is 0. The standard InChI is InChI=1S/C9H14ClN3O/c1-7(14)9-8(10)6-11-13(9)5-4-12(2)3/h6H,4-5H2,1-3H3. The maximum Gasteiger partial charge on any atom is 0.179 e. The molecule has 0 unspecified atom stereocenters. The minimum Gasteiger partial charge on any atom is -0.308 e. The van der Waals surface area contributed by atoms with E-state index in [4.69, 9.17) is 11.6 Å². The molecule has 0 fully saturated rings. The Labute approximate surface area is 88.5 Å². The molecule has 4 nitrogen and oxygen atoms in total. The molecule has 0 aromatic carbocycles. The summed E-state index contributed by atoms with van der Waals surface area (Å²) in [5.74, 6) is -0.0498. The molecule has 5 heteroatoms. The minimum atomic E-state index is -0.0498. The number of carbonyl (C=O) groups is 1. The Bertz CT molecular complexity index is 333. The van der Waals surface area contributed by atoms with Gasteiger partial charge in [-0.2, -0.15) is 5.10 Å². The molecule has 1 rings (SSSR count). The van der Waals surface area contributed by atoms with Crippen LogP contribution in [0.2, 0.25) is 5.02 Å². The summed E-state index contributed by atoms with van der Waals surface area (Å²) in [5.41, 5.74) is 0.494. The van der Waals surface area contributed by atoms with Gasteiger partial charge < -0.3 is 4.90 Å². The Hall–Kier alpha value is -0.870. The van der Waals surface area contributed by atoms with Crippen LogP contribution in [0.4, 0.5) is 0 Å². The SMILES string of the molecule is CC(=O)c1c(Cl)cnn1CCN(C)C. The molecule has 0 radical (unpaired) electrons. The zero-order valence-corrected chi connectivity index (χ0v) is 9.38. The smallest absolute Gasteiger partial charge is 0.179 e.